The van der Waals surface area contributed by atoms with Crippen LogP contribution in [0.1, 0.15) is 28.7 Å². The highest BCUT2D eigenvalue weighted by atomic mass is 32.1. The van der Waals surface area contributed by atoms with Gasteiger partial charge < -0.3 is 15.4 Å². The highest BCUT2D eigenvalue weighted by Gasteiger charge is 2.26. The van der Waals surface area contributed by atoms with E-state index in [-0.39, 0.29) is 11.2 Å². The highest BCUT2D eigenvalue weighted by Crippen LogP contribution is 2.25. The Morgan fingerprint density at radius 3 is 2.50 bits per heavy atom. The predicted molar refractivity (Wildman–Crippen MR) is 116 cm³/mol. The van der Waals surface area contributed by atoms with Crippen LogP contribution < -0.4 is 16.2 Å². The SMILES string of the molecule is CNc1snc(C)c1C(=O)O[C@@H](C)C(=O)Nc1c(C)n(C)n(-c2ccccc2)c1=O. The third-order valence-electron chi connectivity index (χ3n) is 4.75. The van der Waals surface area contributed by atoms with Gasteiger partial charge in [-0.2, -0.15) is 4.37 Å². The number of para-hydroxylation sites is 1. The largest absolute Gasteiger partial charge is 0.449 e. The van der Waals surface area contributed by atoms with Crippen LogP contribution in [0.2, 0.25) is 0 Å². The predicted octanol–water partition coefficient (Wildman–Crippen LogP) is 2.48. The molecule has 0 radical (unpaired) electrons. The van der Waals surface area contributed by atoms with Gasteiger partial charge in [-0.1, -0.05) is 18.2 Å². The second kappa shape index (κ2) is 8.54. The van der Waals surface area contributed by atoms with Gasteiger partial charge in [-0.3, -0.25) is 14.3 Å². The molecule has 10 heteroatoms. The van der Waals surface area contributed by atoms with Crippen LogP contribution in [-0.4, -0.2) is 38.8 Å². The summed E-state index contributed by atoms with van der Waals surface area (Å²) in [7, 11) is 3.41. The number of hydrogen-bond acceptors (Lipinski definition) is 7. The van der Waals surface area contributed by atoms with Crippen molar-refractivity contribution in [1.29, 1.82) is 0 Å². The average Bonchev–Trinajstić information content (AvgIpc) is 3.21. The minimum Gasteiger partial charge on any atom is -0.449 e. The number of aromatic nitrogens is 3. The maximum Gasteiger partial charge on any atom is 0.343 e. The maximum absolute atomic E-state index is 12.9. The molecule has 0 unspecified atom stereocenters. The summed E-state index contributed by atoms with van der Waals surface area (Å²) in [6.45, 7) is 4.88. The second-order valence-corrected chi connectivity index (χ2v) is 7.47. The Kier molecular flexibility index (Phi) is 6.06. The van der Waals surface area contributed by atoms with E-state index in [1.807, 2.05) is 18.2 Å². The van der Waals surface area contributed by atoms with Crippen molar-refractivity contribution in [2.75, 3.05) is 17.7 Å². The van der Waals surface area contributed by atoms with E-state index in [0.717, 1.165) is 11.5 Å². The van der Waals surface area contributed by atoms with Gasteiger partial charge in [-0.05, 0) is 44.4 Å². The molecule has 3 aromatic rings. The molecule has 30 heavy (non-hydrogen) atoms. The van der Waals surface area contributed by atoms with Gasteiger partial charge >= 0.3 is 5.97 Å². The summed E-state index contributed by atoms with van der Waals surface area (Å²) in [4.78, 5) is 38.1. The first-order chi connectivity index (χ1) is 14.3. The van der Waals surface area contributed by atoms with Crippen LogP contribution >= 0.6 is 11.5 Å². The van der Waals surface area contributed by atoms with E-state index >= 15 is 0 Å². The maximum atomic E-state index is 12.9. The van der Waals surface area contributed by atoms with Crippen molar-refractivity contribution in [1.82, 2.24) is 13.7 Å². The molecular weight excluding hydrogens is 406 g/mol. The standard InChI is InChI=1S/C20H23N5O4S/c1-11-15(18(21-4)30-23-11)20(28)29-13(3)17(26)22-16-12(2)24(5)25(19(16)27)14-9-7-6-8-10-14/h6-10,13,21H,1-5H3,(H,22,26)/t13-/m0/s1. The fourth-order valence-corrected chi connectivity index (χ4v) is 3.72. The first kappa shape index (κ1) is 21.3. The van der Waals surface area contributed by atoms with Crippen LogP contribution in [0.3, 0.4) is 0 Å². The molecule has 0 spiro atoms. The van der Waals surface area contributed by atoms with E-state index in [4.69, 9.17) is 4.74 Å². The zero-order valence-corrected chi connectivity index (χ0v) is 18.2. The number of rotatable bonds is 6. The van der Waals surface area contributed by atoms with E-state index in [9.17, 15) is 14.4 Å². The molecule has 1 atom stereocenters. The molecule has 2 aromatic heterocycles. The summed E-state index contributed by atoms with van der Waals surface area (Å²) in [5.74, 6) is -1.25. The van der Waals surface area contributed by atoms with Crippen molar-refractivity contribution in [2.45, 2.75) is 26.9 Å². The Labute approximate surface area is 177 Å². The lowest BCUT2D eigenvalue weighted by Crippen LogP contribution is -2.32. The molecule has 0 fully saturated rings. The number of aryl methyl sites for hydroxylation is 1. The van der Waals surface area contributed by atoms with Gasteiger partial charge in [-0.25, -0.2) is 9.48 Å². The van der Waals surface area contributed by atoms with E-state index in [0.29, 0.717) is 27.6 Å². The summed E-state index contributed by atoms with van der Waals surface area (Å²) in [5, 5.41) is 6.06. The number of esters is 1. The van der Waals surface area contributed by atoms with E-state index in [2.05, 4.69) is 15.0 Å². The molecule has 2 heterocycles. The van der Waals surface area contributed by atoms with Crippen LogP contribution in [0.25, 0.3) is 5.69 Å². The van der Waals surface area contributed by atoms with Crippen molar-refractivity contribution in [3.05, 3.63) is 57.6 Å². The summed E-state index contributed by atoms with van der Waals surface area (Å²) in [5.41, 5.74) is 1.83. The lowest BCUT2D eigenvalue weighted by molar-refractivity contribution is -0.123. The minimum atomic E-state index is -1.11. The van der Waals surface area contributed by atoms with Crippen molar-refractivity contribution in [3.63, 3.8) is 0 Å². The smallest absolute Gasteiger partial charge is 0.343 e. The summed E-state index contributed by atoms with van der Waals surface area (Å²) < 4.78 is 12.6. The minimum absolute atomic E-state index is 0.138. The quantitative estimate of drug-likeness (QED) is 0.583. The summed E-state index contributed by atoms with van der Waals surface area (Å²) in [6.07, 6.45) is -1.11. The molecule has 158 valence electrons. The van der Waals surface area contributed by atoms with E-state index in [1.54, 1.807) is 44.8 Å². The number of anilines is 2. The fraction of sp³-hybridized carbons (Fsp3) is 0.300. The number of amides is 1. The van der Waals surface area contributed by atoms with Crippen LogP contribution in [0.15, 0.2) is 35.1 Å². The van der Waals surface area contributed by atoms with Crippen molar-refractivity contribution in [3.8, 4) is 5.69 Å². The lowest BCUT2D eigenvalue weighted by Gasteiger charge is -2.13. The molecule has 0 saturated carbocycles. The lowest BCUT2D eigenvalue weighted by atomic mass is 10.2. The molecule has 1 amide bonds. The molecule has 0 saturated heterocycles. The van der Waals surface area contributed by atoms with Crippen LogP contribution in [-0.2, 0) is 16.6 Å². The number of hydrogen-bond donors (Lipinski definition) is 2. The molecule has 1 aromatic carbocycles. The first-order valence-electron chi connectivity index (χ1n) is 9.26. The molecule has 0 aliphatic heterocycles. The third-order valence-corrected chi connectivity index (χ3v) is 5.71. The highest BCUT2D eigenvalue weighted by molar-refractivity contribution is 7.10. The van der Waals surface area contributed by atoms with E-state index in [1.165, 1.54) is 11.6 Å². The van der Waals surface area contributed by atoms with Crippen LogP contribution in [0.5, 0.6) is 0 Å². The van der Waals surface area contributed by atoms with Gasteiger partial charge in [0.05, 0.1) is 17.1 Å². The van der Waals surface area contributed by atoms with E-state index < -0.39 is 18.0 Å². The number of carbonyl (C=O) groups is 2. The number of ether oxygens (including phenoxy) is 1. The average molecular weight is 430 g/mol. The van der Waals surface area contributed by atoms with Crippen LogP contribution in [0, 0.1) is 13.8 Å². The zero-order valence-electron chi connectivity index (χ0n) is 17.3. The van der Waals surface area contributed by atoms with Gasteiger partial charge in [0.2, 0.25) is 0 Å². The van der Waals surface area contributed by atoms with Gasteiger partial charge in [-0.15, -0.1) is 0 Å². The Morgan fingerprint density at radius 1 is 1.20 bits per heavy atom. The van der Waals surface area contributed by atoms with Crippen molar-refractivity contribution in [2.24, 2.45) is 7.05 Å². The van der Waals surface area contributed by atoms with Gasteiger partial charge in [0.1, 0.15) is 16.3 Å². The molecule has 0 bridgehead atoms. The molecule has 0 aliphatic rings. The molecule has 0 aliphatic carbocycles. The Bertz CT molecular complexity index is 1150. The summed E-state index contributed by atoms with van der Waals surface area (Å²) in [6, 6.07) is 9.10. The number of carbonyl (C=O) groups excluding carboxylic acids is 2. The fourth-order valence-electron chi connectivity index (χ4n) is 2.99. The van der Waals surface area contributed by atoms with Crippen molar-refractivity contribution >= 4 is 34.1 Å². The number of nitrogens with zero attached hydrogens (tertiary/aromatic N) is 3. The van der Waals surface area contributed by atoms with Crippen LogP contribution in [0.4, 0.5) is 10.7 Å². The topological polar surface area (TPSA) is 107 Å². The molecule has 3 rings (SSSR count). The number of nitrogens with one attached hydrogen (secondary N) is 2. The second-order valence-electron chi connectivity index (χ2n) is 6.70. The zero-order chi connectivity index (χ0) is 22.0. The summed E-state index contributed by atoms with van der Waals surface area (Å²) >= 11 is 1.14. The van der Waals surface area contributed by atoms with Crippen molar-refractivity contribution < 1.29 is 14.3 Å². The molecule has 2 N–H and O–H groups in total. The van der Waals surface area contributed by atoms with Gasteiger partial charge in [0.25, 0.3) is 11.5 Å². The normalized spacial score (nSPS) is 11.8. The molecular formula is C20H23N5O4S. The Morgan fingerprint density at radius 2 is 1.87 bits per heavy atom. The monoisotopic (exact) mass is 429 g/mol. The Hall–Kier alpha value is -3.40. The third kappa shape index (κ3) is 3.86. The van der Waals surface area contributed by atoms with Gasteiger partial charge in [0, 0.05) is 14.1 Å². The van der Waals surface area contributed by atoms with Gasteiger partial charge in [0.15, 0.2) is 6.10 Å². The Balaban J connectivity index is 1.80. The molecule has 9 nitrogen and oxygen atoms in total. The number of benzene rings is 1. The first-order valence-corrected chi connectivity index (χ1v) is 10.0.